The Hall–Kier alpha value is -1.29. The molecule has 4 nitrogen and oxygen atoms in total. The number of pyridine rings is 1. The van der Waals surface area contributed by atoms with Crippen molar-refractivity contribution in [1.82, 2.24) is 4.98 Å². The quantitative estimate of drug-likeness (QED) is 0.788. The fraction of sp³-hybridized carbons (Fsp3) is 0.545. The summed E-state index contributed by atoms with van der Waals surface area (Å²) in [6.07, 6.45) is 3.21. The molecule has 0 aromatic carbocycles. The third kappa shape index (κ3) is 2.59. The number of nitrogens with two attached hydrogens (primary N) is 1. The number of anilines is 2. The molecule has 3 N–H and O–H groups in total. The maximum atomic E-state index is 5.59. The van der Waals surface area contributed by atoms with Gasteiger partial charge in [-0.1, -0.05) is 0 Å². The predicted octanol–water partition coefficient (Wildman–Crippen LogP) is 1.50. The highest BCUT2D eigenvalue weighted by molar-refractivity contribution is 5.49. The number of rotatable bonds is 3. The van der Waals surface area contributed by atoms with E-state index in [4.69, 9.17) is 10.5 Å². The largest absolute Gasteiger partial charge is 0.385 e. The molecule has 0 bridgehead atoms. The zero-order valence-corrected chi connectivity index (χ0v) is 8.94. The molecule has 1 aromatic heterocycles. The molecule has 0 radical (unpaired) electrons. The van der Waals surface area contributed by atoms with Gasteiger partial charge in [0.15, 0.2) is 0 Å². The maximum Gasteiger partial charge on any atom is 0.125 e. The second-order valence-electron chi connectivity index (χ2n) is 3.97. The van der Waals surface area contributed by atoms with E-state index >= 15 is 0 Å². The van der Waals surface area contributed by atoms with Gasteiger partial charge in [0.2, 0.25) is 0 Å². The average molecular weight is 207 g/mol. The minimum absolute atomic E-state index is 0.358. The summed E-state index contributed by atoms with van der Waals surface area (Å²) in [6.45, 7) is 3.94. The molecule has 1 saturated heterocycles. The van der Waals surface area contributed by atoms with E-state index in [2.05, 4.69) is 17.2 Å². The zero-order valence-electron chi connectivity index (χ0n) is 8.94. The van der Waals surface area contributed by atoms with E-state index in [0.29, 0.717) is 17.8 Å². The van der Waals surface area contributed by atoms with Crippen LogP contribution in [0.4, 0.5) is 11.5 Å². The van der Waals surface area contributed by atoms with Gasteiger partial charge < -0.3 is 15.8 Å². The average Bonchev–Trinajstić information content (AvgIpc) is 2.61. The maximum absolute atomic E-state index is 5.59. The van der Waals surface area contributed by atoms with Gasteiger partial charge in [0.25, 0.3) is 0 Å². The molecule has 4 heteroatoms. The molecule has 1 aromatic rings. The molecule has 2 heterocycles. The van der Waals surface area contributed by atoms with Gasteiger partial charge in [-0.15, -0.1) is 0 Å². The molecule has 15 heavy (non-hydrogen) atoms. The number of nitrogens with zero attached hydrogens (tertiary/aromatic N) is 1. The van der Waals surface area contributed by atoms with Crippen LogP contribution in [-0.4, -0.2) is 24.2 Å². The van der Waals surface area contributed by atoms with Crippen molar-refractivity contribution in [2.24, 2.45) is 5.92 Å². The molecule has 2 unspecified atom stereocenters. The van der Waals surface area contributed by atoms with Crippen molar-refractivity contribution in [3.8, 4) is 0 Å². The fourth-order valence-corrected chi connectivity index (χ4v) is 1.85. The third-order valence-electron chi connectivity index (χ3n) is 2.88. The van der Waals surface area contributed by atoms with Gasteiger partial charge in [0, 0.05) is 37.0 Å². The fourth-order valence-electron chi connectivity index (χ4n) is 1.85. The van der Waals surface area contributed by atoms with Crippen LogP contribution in [0.3, 0.4) is 0 Å². The van der Waals surface area contributed by atoms with E-state index in [1.807, 2.05) is 12.1 Å². The van der Waals surface area contributed by atoms with E-state index in [-0.39, 0.29) is 0 Å². The van der Waals surface area contributed by atoms with Gasteiger partial charge in [0.1, 0.15) is 5.82 Å². The van der Waals surface area contributed by atoms with Crippen molar-refractivity contribution in [3.63, 3.8) is 0 Å². The monoisotopic (exact) mass is 207 g/mol. The summed E-state index contributed by atoms with van der Waals surface area (Å²) in [5.41, 5.74) is 6.62. The van der Waals surface area contributed by atoms with Crippen molar-refractivity contribution < 1.29 is 4.74 Å². The number of nitrogens with one attached hydrogen (secondary N) is 1. The Labute approximate surface area is 89.8 Å². The van der Waals surface area contributed by atoms with Crippen molar-refractivity contribution in [2.75, 3.05) is 24.2 Å². The number of hydrogen-bond donors (Lipinski definition) is 2. The van der Waals surface area contributed by atoms with Crippen molar-refractivity contribution in [2.45, 2.75) is 19.4 Å². The Morgan fingerprint density at radius 2 is 2.53 bits per heavy atom. The Morgan fingerprint density at radius 3 is 3.20 bits per heavy atom. The van der Waals surface area contributed by atoms with Crippen molar-refractivity contribution >= 4 is 11.5 Å². The summed E-state index contributed by atoms with van der Waals surface area (Å²) in [6, 6.07) is 3.78. The highest BCUT2D eigenvalue weighted by atomic mass is 16.5. The first-order valence-electron chi connectivity index (χ1n) is 5.32. The minimum Gasteiger partial charge on any atom is -0.385 e. The van der Waals surface area contributed by atoms with Crippen molar-refractivity contribution in [3.05, 3.63) is 18.3 Å². The lowest BCUT2D eigenvalue weighted by molar-refractivity contribution is 0.108. The molecule has 0 saturated carbocycles. The van der Waals surface area contributed by atoms with Crippen LogP contribution in [-0.2, 0) is 4.74 Å². The number of aromatic nitrogens is 1. The van der Waals surface area contributed by atoms with Gasteiger partial charge in [-0.3, -0.25) is 0 Å². The Balaban J connectivity index is 1.87. The molecule has 0 aliphatic carbocycles. The van der Waals surface area contributed by atoms with E-state index in [9.17, 15) is 0 Å². The van der Waals surface area contributed by atoms with Gasteiger partial charge in [-0.2, -0.15) is 0 Å². The molecule has 1 aliphatic rings. The molecule has 1 fully saturated rings. The Morgan fingerprint density at radius 1 is 1.67 bits per heavy atom. The molecule has 0 amide bonds. The summed E-state index contributed by atoms with van der Waals surface area (Å²) < 4.78 is 5.50. The van der Waals surface area contributed by atoms with Crippen LogP contribution in [0, 0.1) is 5.92 Å². The smallest absolute Gasteiger partial charge is 0.125 e. The molecular formula is C11H17N3O. The highest BCUT2D eigenvalue weighted by Crippen LogP contribution is 2.21. The van der Waals surface area contributed by atoms with E-state index in [1.54, 1.807) is 6.20 Å². The van der Waals surface area contributed by atoms with Gasteiger partial charge in [-0.25, -0.2) is 4.98 Å². The van der Waals surface area contributed by atoms with E-state index in [0.717, 1.165) is 25.3 Å². The second kappa shape index (κ2) is 4.49. The van der Waals surface area contributed by atoms with Gasteiger partial charge >= 0.3 is 0 Å². The van der Waals surface area contributed by atoms with Crippen LogP contribution >= 0.6 is 0 Å². The predicted molar refractivity (Wildman–Crippen MR) is 60.7 cm³/mol. The standard InChI is InChI=1S/C11H17N3O/c1-8-9(3-5-15-8)7-14-10-2-4-13-11(12)6-10/h2,4,6,8-9H,3,5,7H2,1H3,(H3,12,13,14). The lowest BCUT2D eigenvalue weighted by Gasteiger charge is -2.15. The van der Waals surface area contributed by atoms with Crippen LogP contribution in [0.1, 0.15) is 13.3 Å². The number of nitrogen functional groups attached to an aromatic ring is 1. The second-order valence-corrected chi connectivity index (χ2v) is 3.97. The first kappa shape index (κ1) is 10.2. The van der Waals surface area contributed by atoms with E-state index < -0.39 is 0 Å². The molecular weight excluding hydrogens is 190 g/mol. The number of ether oxygens (including phenoxy) is 1. The summed E-state index contributed by atoms with van der Waals surface area (Å²) in [5.74, 6) is 1.15. The summed E-state index contributed by atoms with van der Waals surface area (Å²) in [5, 5.41) is 3.36. The number of hydrogen-bond acceptors (Lipinski definition) is 4. The normalized spacial score (nSPS) is 25.4. The summed E-state index contributed by atoms with van der Waals surface area (Å²) in [7, 11) is 0. The van der Waals surface area contributed by atoms with Gasteiger partial charge in [-0.05, 0) is 19.4 Å². The van der Waals surface area contributed by atoms with Crippen LogP contribution in [0.5, 0.6) is 0 Å². The van der Waals surface area contributed by atoms with Crippen molar-refractivity contribution in [1.29, 1.82) is 0 Å². The molecule has 82 valence electrons. The van der Waals surface area contributed by atoms with Crippen LogP contribution in [0.15, 0.2) is 18.3 Å². The topological polar surface area (TPSA) is 60.2 Å². The Bertz CT molecular complexity index is 329. The zero-order chi connectivity index (χ0) is 10.7. The van der Waals surface area contributed by atoms with Gasteiger partial charge in [0.05, 0.1) is 6.10 Å². The summed E-state index contributed by atoms with van der Waals surface area (Å²) >= 11 is 0. The SMILES string of the molecule is CC1OCCC1CNc1ccnc(N)c1. The molecule has 2 atom stereocenters. The molecule has 0 spiro atoms. The van der Waals surface area contributed by atoms with Crippen LogP contribution in [0.25, 0.3) is 0 Å². The molecule has 1 aliphatic heterocycles. The lowest BCUT2D eigenvalue weighted by atomic mass is 10.0. The third-order valence-corrected chi connectivity index (χ3v) is 2.88. The molecule has 2 rings (SSSR count). The highest BCUT2D eigenvalue weighted by Gasteiger charge is 2.23. The van der Waals surface area contributed by atoms with E-state index in [1.165, 1.54) is 0 Å². The lowest BCUT2D eigenvalue weighted by Crippen LogP contribution is -2.20. The first-order valence-corrected chi connectivity index (χ1v) is 5.32. The summed E-state index contributed by atoms with van der Waals surface area (Å²) in [4.78, 5) is 3.95. The Kier molecular flexibility index (Phi) is 3.06. The van der Waals surface area contributed by atoms with Crippen LogP contribution in [0.2, 0.25) is 0 Å². The van der Waals surface area contributed by atoms with Crippen LogP contribution < -0.4 is 11.1 Å². The first-order chi connectivity index (χ1) is 7.25. The minimum atomic E-state index is 0.358.